The number of halogens is 2. The Labute approximate surface area is 95.7 Å². The predicted molar refractivity (Wildman–Crippen MR) is 61.2 cm³/mol. The van der Waals surface area contributed by atoms with Gasteiger partial charge < -0.3 is 4.57 Å². The number of nitrogens with zero attached hydrogens (tertiary/aromatic N) is 2. The van der Waals surface area contributed by atoms with E-state index in [1.807, 2.05) is 35.0 Å². The highest BCUT2D eigenvalue weighted by molar-refractivity contribution is 9.08. The average Bonchev–Trinajstić information content (AvgIpc) is 2.67. The summed E-state index contributed by atoms with van der Waals surface area (Å²) in [5, 5.41) is 1.52. The van der Waals surface area contributed by atoms with Crippen LogP contribution in [0.1, 0.15) is 5.69 Å². The number of benzene rings is 1. The predicted octanol–water partition coefficient (Wildman–Crippen LogP) is 3.42. The van der Waals surface area contributed by atoms with Gasteiger partial charge in [-0.2, -0.15) is 0 Å². The Morgan fingerprint density at radius 1 is 1.29 bits per heavy atom. The van der Waals surface area contributed by atoms with Gasteiger partial charge in [0.15, 0.2) is 0 Å². The number of imidazole rings is 1. The van der Waals surface area contributed by atoms with Gasteiger partial charge in [0.1, 0.15) is 0 Å². The van der Waals surface area contributed by atoms with Crippen LogP contribution in [0.3, 0.4) is 0 Å². The Morgan fingerprint density at radius 2 is 2.00 bits per heavy atom. The number of hydrogen-bond acceptors (Lipinski definition) is 1. The molecule has 0 unspecified atom stereocenters. The van der Waals surface area contributed by atoms with Crippen molar-refractivity contribution in [2.45, 2.75) is 5.33 Å². The zero-order valence-corrected chi connectivity index (χ0v) is 9.66. The Bertz CT molecular complexity index is 422. The molecule has 72 valence electrons. The maximum absolute atomic E-state index is 5.80. The molecule has 1 heterocycles. The fourth-order valence-corrected chi connectivity index (χ4v) is 1.60. The van der Waals surface area contributed by atoms with Gasteiger partial charge in [-0.1, -0.05) is 27.5 Å². The van der Waals surface area contributed by atoms with Gasteiger partial charge in [0.25, 0.3) is 0 Å². The normalized spacial score (nSPS) is 10.4. The Kier molecular flexibility index (Phi) is 2.89. The van der Waals surface area contributed by atoms with Crippen LogP contribution in [-0.4, -0.2) is 9.55 Å². The zero-order chi connectivity index (χ0) is 9.97. The van der Waals surface area contributed by atoms with E-state index in [1.54, 1.807) is 6.33 Å². The summed E-state index contributed by atoms with van der Waals surface area (Å²) in [6, 6.07) is 7.65. The second-order valence-electron chi connectivity index (χ2n) is 2.88. The van der Waals surface area contributed by atoms with Crippen LogP contribution in [-0.2, 0) is 5.33 Å². The van der Waals surface area contributed by atoms with Crippen molar-refractivity contribution in [2.75, 3.05) is 0 Å². The highest BCUT2D eigenvalue weighted by Gasteiger charge is 1.98. The van der Waals surface area contributed by atoms with Gasteiger partial charge in [0.05, 0.1) is 12.0 Å². The molecule has 0 aliphatic rings. The zero-order valence-electron chi connectivity index (χ0n) is 7.32. The number of hydrogen-bond donors (Lipinski definition) is 0. The number of aromatic nitrogens is 2. The van der Waals surface area contributed by atoms with Crippen LogP contribution in [0.4, 0.5) is 0 Å². The highest BCUT2D eigenvalue weighted by atomic mass is 79.9. The van der Waals surface area contributed by atoms with Crippen LogP contribution >= 0.6 is 27.5 Å². The summed E-state index contributed by atoms with van der Waals surface area (Å²) in [6.45, 7) is 0. The largest absolute Gasteiger partial charge is 0.306 e. The first kappa shape index (κ1) is 9.74. The van der Waals surface area contributed by atoms with Crippen molar-refractivity contribution in [2.24, 2.45) is 0 Å². The molecule has 0 N–H and O–H groups in total. The number of alkyl halides is 1. The lowest BCUT2D eigenvalue weighted by atomic mass is 10.3. The molecule has 0 fully saturated rings. The smallest absolute Gasteiger partial charge is 0.0995 e. The summed E-state index contributed by atoms with van der Waals surface area (Å²) in [6.07, 6.45) is 3.78. The van der Waals surface area contributed by atoms with Crippen molar-refractivity contribution in [1.29, 1.82) is 0 Å². The van der Waals surface area contributed by atoms with Crippen molar-refractivity contribution >= 4 is 27.5 Å². The van der Waals surface area contributed by atoms with Gasteiger partial charge >= 0.3 is 0 Å². The lowest BCUT2D eigenvalue weighted by Crippen LogP contribution is -1.88. The summed E-state index contributed by atoms with van der Waals surface area (Å²) in [5.41, 5.74) is 2.08. The molecule has 0 aliphatic heterocycles. The van der Waals surface area contributed by atoms with Crippen molar-refractivity contribution in [3.63, 3.8) is 0 Å². The molecule has 1 aromatic heterocycles. The van der Waals surface area contributed by atoms with Crippen molar-refractivity contribution < 1.29 is 0 Å². The second kappa shape index (κ2) is 4.15. The highest BCUT2D eigenvalue weighted by Crippen LogP contribution is 2.14. The molecule has 0 spiro atoms. The van der Waals surface area contributed by atoms with Crippen LogP contribution in [0.25, 0.3) is 5.69 Å². The summed E-state index contributed by atoms with van der Waals surface area (Å²) >= 11 is 9.16. The van der Waals surface area contributed by atoms with E-state index in [1.165, 1.54) is 0 Å². The molecule has 0 radical (unpaired) electrons. The quantitative estimate of drug-likeness (QED) is 0.765. The minimum absolute atomic E-state index is 0.745. The van der Waals surface area contributed by atoms with E-state index < -0.39 is 0 Å². The van der Waals surface area contributed by atoms with Gasteiger partial charge in [0.2, 0.25) is 0 Å². The molecule has 0 aliphatic carbocycles. The van der Waals surface area contributed by atoms with Crippen molar-refractivity contribution in [1.82, 2.24) is 9.55 Å². The number of rotatable bonds is 2. The van der Waals surface area contributed by atoms with Gasteiger partial charge in [0, 0.05) is 22.2 Å². The Morgan fingerprint density at radius 3 is 2.57 bits per heavy atom. The summed E-state index contributed by atoms with van der Waals surface area (Å²) in [7, 11) is 0. The first-order chi connectivity index (χ1) is 6.79. The van der Waals surface area contributed by atoms with Gasteiger partial charge in [-0.3, -0.25) is 0 Å². The topological polar surface area (TPSA) is 17.8 Å². The van der Waals surface area contributed by atoms with Gasteiger partial charge in [-0.05, 0) is 24.3 Å². The lowest BCUT2D eigenvalue weighted by molar-refractivity contribution is 1.06. The molecule has 0 atom stereocenters. The van der Waals surface area contributed by atoms with Crippen LogP contribution in [0.2, 0.25) is 5.02 Å². The molecule has 2 rings (SSSR count). The molecule has 14 heavy (non-hydrogen) atoms. The molecular formula is C10H8BrClN2. The van der Waals surface area contributed by atoms with Gasteiger partial charge in [-0.15, -0.1) is 0 Å². The fourth-order valence-electron chi connectivity index (χ4n) is 1.19. The first-order valence-electron chi connectivity index (χ1n) is 4.14. The molecule has 1 aromatic carbocycles. The Hall–Kier alpha value is -0.800. The van der Waals surface area contributed by atoms with Crippen molar-refractivity contribution in [3.05, 3.63) is 47.5 Å². The molecule has 0 amide bonds. The minimum Gasteiger partial charge on any atom is -0.306 e. The molecule has 4 heteroatoms. The standard InChI is InChI=1S/C10H8BrClN2/c11-5-9-6-14(7-13-9)10-3-1-8(12)2-4-10/h1-4,6-7H,5H2. The molecule has 0 saturated heterocycles. The van der Waals surface area contributed by atoms with E-state index in [4.69, 9.17) is 11.6 Å². The van der Waals surface area contributed by atoms with Crippen molar-refractivity contribution in [3.8, 4) is 5.69 Å². The molecule has 0 bridgehead atoms. The maximum Gasteiger partial charge on any atom is 0.0995 e. The average molecular weight is 272 g/mol. The van der Waals surface area contributed by atoms with Crippen LogP contribution < -0.4 is 0 Å². The summed E-state index contributed by atoms with van der Waals surface area (Å²) in [5.74, 6) is 0. The lowest BCUT2D eigenvalue weighted by Gasteiger charge is -2.00. The third-order valence-electron chi connectivity index (χ3n) is 1.90. The third kappa shape index (κ3) is 1.99. The monoisotopic (exact) mass is 270 g/mol. The maximum atomic E-state index is 5.80. The van der Waals surface area contributed by atoms with Crippen LogP contribution in [0.15, 0.2) is 36.8 Å². The molecular weight excluding hydrogens is 263 g/mol. The summed E-state index contributed by atoms with van der Waals surface area (Å²) < 4.78 is 1.97. The SMILES string of the molecule is Clc1ccc(-n2cnc(CBr)c2)cc1. The molecule has 2 nitrogen and oxygen atoms in total. The second-order valence-corrected chi connectivity index (χ2v) is 3.88. The van der Waals surface area contributed by atoms with E-state index in [0.717, 1.165) is 21.7 Å². The first-order valence-corrected chi connectivity index (χ1v) is 5.64. The van der Waals surface area contributed by atoms with E-state index >= 15 is 0 Å². The third-order valence-corrected chi connectivity index (χ3v) is 2.72. The molecule has 0 saturated carbocycles. The van der Waals surface area contributed by atoms with E-state index in [-0.39, 0.29) is 0 Å². The fraction of sp³-hybridized carbons (Fsp3) is 0.100. The van der Waals surface area contributed by atoms with E-state index in [9.17, 15) is 0 Å². The van der Waals surface area contributed by atoms with Crippen LogP contribution in [0, 0.1) is 0 Å². The minimum atomic E-state index is 0.745. The van der Waals surface area contributed by atoms with E-state index in [0.29, 0.717) is 0 Å². The van der Waals surface area contributed by atoms with E-state index in [2.05, 4.69) is 20.9 Å². The van der Waals surface area contributed by atoms with Crippen LogP contribution in [0.5, 0.6) is 0 Å². The Balaban J connectivity index is 2.34. The summed E-state index contributed by atoms with van der Waals surface area (Å²) in [4.78, 5) is 4.22. The van der Waals surface area contributed by atoms with Gasteiger partial charge in [-0.25, -0.2) is 4.98 Å². The molecule has 2 aromatic rings.